The van der Waals surface area contributed by atoms with Crippen molar-refractivity contribution in [3.05, 3.63) is 24.3 Å². The molecule has 1 fully saturated rings. The molecule has 0 radical (unpaired) electrons. The van der Waals surface area contributed by atoms with Gasteiger partial charge in [0.15, 0.2) is 0 Å². The van der Waals surface area contributed by atoms with Crippen molar-refractivity contribution in [2.24, 2.45) is 0 Å². The maximum Gasteiger partial charge on any atom is 0.250 e. The van der Waals surface area contributed by atoms with Crippen molar-refractivity contribution in [1.29, 1.82) is 0 Å². The molecule has 1 saturated heterocycles. The summed E-state index contributed by atoms with van der Waals surface area (Å²) >= 11 is 0. The first-order valence-corrected chi connectivity index (χ1v) is 7.45. The number of rotatable bonds is 5. The van der Waals surface area contributed by atoms with Gasteiger partial charge in [0.2, 0.25) is 11.8 Å². The lowest BCUT2D eigenvalue weighted by atomic mass is 10.0. The van der Waals surface area contributed by atoms with E-state index in [-0.39, 0.29) is 11.8 Å². The van der Waals surface area contributed by atoms with E-state index >= 15 is 0 Å². The van der Waals surface area contributed by atoms with E-state index in [2.05, 4.69) is 5.32 Å². The third-order valence-corrected chi connectivity index (χ3v) is 3.62. The number of amides is 2. The van der Waals surface area contributed by atoms with Crippen LogP contribution in [0.2, 0.25) is 0 Å². The Balaban J connectivity index is 2.39. The largest absolute Gasteiger partial charge is 0.492 e. The highest BCUT2D eigenvalue weighted by atomic mass is 16.5. The van der Waals surface area contributed by atoms with E-state index in [9.17, 15) is 9.59 Å². The van der Waals surface area contributed by atoms with E-state index in [4.69, 9.17) is 4.74 Å². The van der Waals surface area contributed by atoms with E-state index in [0.717, 1.165) is 6.42 Å². The smallest absolute Gasteiger partial charge is 0.250 e. The van der Waals surface area contributed by atoms with Crippen LogP contribution in [-0.2, 0) is 9.59 Å². The number of anilines is 1. The van der Waals surface area contributed by atoms with Crippen LogP contribution in [0.1, 0.15) is 33.6 Å². The number of nitrogens with zero attached hydrogens (tertiary/aromatic N) is 1. The molecule has 1 aromatic rings. The Morgan fingerprint density at radius 1 is 1.24 bits per heavy atom. The lowest BCUT2D eigenvalue weighted by molar-refractivity contribution is -0.133. The highest BCUT2D eigenvalue weighted by molar-refractivity contribution is 6.08. The minimum atomic E-state index is -0.535. The van der Waals surface area contributed by atoms with Gasteiger partial charge in [0.25, 0.3) is 0 Å². The fourth-order valence-electron chi connectivity index (χ4n) is 2.58. The lowest BCUT2D eigenvalue weighted by Gasteiger charge is -2.37. The predicted octanol–water partition coefficient (Wildman–Crippen LogP) is 2.11. The fourth-order valence-corrected chi connectivity index (χ4v) is 2.58. The zero-order chi connectivity index (χ0) is 15.4. The van der Waals surface area contributed by atoms with Gasteiger partial charge < -0.3 is 10.1 Å². The molecule has 1 aromatic carbocycles. The summed E-state index contributed by atoms with van der Waals surface area (Å²) in [5.41, 5.74) is 0.660. The van der Waals surface area contributed by atoms with Gasteiger partial charge in [0.1, 0.15) is 17.8 Å². The van der Waals surface area contributed by atoms with Gasteiger partial charge in [-0.15, -0.1) is 0 Å². The summed E-state index contributed by atoms with van der Waals surface area (Å²) in [6.07, 6.45) is 1.48. The molecule has 0 bridgehead atoms. The summed E-state index contributed by atoms with van der Waals surface area (Å²) in [4.78, 5) is 26.4. The molecule has 0 aromatic heterocycles. The predicted molar refractivity (Wildman–Crippen MR) is 81.4 cm³/mol. The number of piperazine rings is 1. The molecule has 1 N–H and O–H groups in total. The van der Waals surface area contributed by atoms with Crippen molar-refractivity contribution < 1.29 is 14.3 Å². The zero-order valence-corrected chi connectivity index (χ0v) is 12.8. The Hall–Kier alpha value is -2.04. The number of hydrogen-bond donors (Lipinski definition) is 1. The van der Waals surface area contributed by atoms with Crippen molar-refractivity contribution in [2.75, 3.05) is 11.5 Å². The van der Waals surface area contributed by atoms with Gasteiger partial charge in [-0.1, -0.05) is 25.5 Å². The van der Waals surface area contributed by atoms with Gasteiger partial charge in [0, 0.05) is 0 Å². The molecule has 0 saturated carbocycles. The van der Waals surface area contributed by atoms with E-state index in [1.165, 1.54) is 0 Å². The van der Waals surface area contributed by atoms with Crippen molar-refractivity contribution in [3.8, 4) is 5.75 Å². The monoisotopic (exact) mass is 290 g/mol. The van der Waals surface area contributed by atoms with Crippen LogP contribution in [0.4, 0.5) is 5.69 Å². The molecule has 5 nitrogen and oxygen atoms in total. The molecule has 2 atom stereocenters. The van der Waals surface area contributed by atoms with Gasteiger partial charge in [0.05, 0.1) is 12.3 Å². The van der Waals surface area contributed by atoms with Crippen LogP contribution in [0.5, 0.6) is 5.75 Å². The average Bonchev–Trinajstić information content (AvgIpc) is 2.47. The summed E-state index contributed by atoms with van der Waals surface area (Å²) in [6, 6.07) is 6.36. The first-order chi connectivity index (χ1) is 10.1. The highest BCUT2D eigenvalue weighted by Crippen LogP contribution is 2.31. The third-order valence-electron chi connectivity index (χ3n) is 3.62. The number of nitrogens with one attached hydrogen (secondary N) is 1. The Labute approximate surface area is 125 Å². The van der Waals surface area contributed by atoms with Gasteiger partial charge in [-0.05, 0) is 32.4 Å². The minimum Gasteiger partial charge on any atom is -0.492 e. The van der Waals surface area contributed by atoms with Crippen LogP contribution >= 0.6 is 0 Å². The fraction of sp³-hybridized carbons (Fsp3) is 0.500. The number of benzene rings is 1. The highest BCUT2D eigenvalue weighted by Gasteiger charge is 2.39. The normalized spacial score (nSPS) is 22.1. The molecule has 1 heterocycles. The van der Waals surface area contributed by atoms with Gasteiger partial charge in [-0.3, -0.25) is 14.5 Å². The number of ether oxygens (including phenoxy) is 1. The molecule has 5 heteroatoms. The molecule has 1 aliphatic heterocycles. The standard InChI is InChI=1S/C16H22N2O3/c1-4-8-12-16(20)18(11(3)15(19)17-12)13-9-6-7-10-14(13)21-5-2/h6-7,9-12H,4-5,8H2,1-3H3,(H,17,19). The van der Waals surface area contributed by atoms with Crippen LogP contribution < -0.4 is 15.0 Å². The molecule has 21 heavy (non-hydrogen) atoms. The summed E-state index contributed by atoms with van der Waals surface area (Å²) in [5.74, 6) is 0.431. The van der Waals surface area contributed by atoms with Crippen LogP contribution in [0.15, 0.2) is 24.3 Å². The molecule has 1 aliphatic rings. The summed E-state index contributed by atoms with van der Waals surface area (Å²) < 4.78 is 5.59. The number of carbonyl (C=O) groups excluding carboxylic acids is 2. The van der Waals surface area contributed by atoms with Gasteiger partial charge in [-0.25, -0.2) is 0 Å². The second-order valence-electron chi connectivity index (χ2n) is 5.13. The van der Waals surface area contributed by atoms with Crippen molar-refractivity contribution >= 4 is 17.5 Å². The average molecular weight is 290 g/mol. The van der Waals surface area contributed by atoms with Crippen LogP contribution in [0, 0.1) is 0 Å². The number of para-hydroxylation sites is 2. The number of carbonyl (C=O) groups is 2. The second kappa shape index (κ2) is 6.61. The van der Waals surface area contributed by atoms with E-state index in [1.807, 2.05) is 38.1 Å². The van der Waals surface area contributed by atoms with E-state index in [0.29, 0.717) is 24.5 Å². The van der Waals surface area contributed by atoms with Crippen molar-refractivity contribution in [3.63, 3.8) is 0 Å². The molecule has 0 aliphatic carbocycles. The summed E-state index contributed by atoms with van der Waals surface area (Å²) in [7, 11) is 0. The molecular weight excluding hydrogens is 268 g/mol. The Morgan fingerprint density at radius 2 is 1.95 bits per heavy atom. The second-order valence-corrected chi connectivity index (χ2v) is 5.13. The van der Waals surface area contributed by atoms with E-state index in [1.54, 1.807) is 11.8 Å². The maximum absolute atomic E-state index is 12.7. The first-order valence-electron chi connectivity index (χ1n) is 7.45. The SMILES string of the molecule is CCCC1NC(=O)C(C)N(c2ccccc2OCC)C1=O. The molecular formula is C16H22N2O3. The molecule has 2 unspecified atom stereocenters. The van der Waals surface area contributed by atoms with Crippen molar-refractivity contribution in [1.82, 2.24) is 5.32 Å². The Bertz CT molecular complexity index is 530. The molecule has 114 valence electrons. The minimum absolute atomic E-state index is 0.0731. The third kappa shape index (κ3) is 3.01. The summed E-state index contributed by atoms with van der Waals surface area (Å²) in [6.45, 7) is 6.14. The Morgan fingerprint density at radius 3 is 2.62 bits per heavy atom. The van der Waals surface area contributed by atoms with Gasteiger partial charge in [-0.2, -0.15) is 0 Å². The Kier molecular flexibility index (Phi) is 4.83. The number of hydrogen-bond acceptors (Lipinski definition) is 3. The van der Waals surface area contributed by atoms with Crippen LogP contribution in [-0.4, -0.2) is 30.5 Å². The van der Waals surface area contributed by atoms with Crippen molar-refractivity contribution in [2.45, 2.75) is 45.7 Å². The molecule has 2 amide bonds. The first kappa shape index (κ1) is 15.4. The molecule has 2 rings (SSSR count). The summed E-state index contributed by atoms with van der Waals surface area (Å²) in [5, 5.41) is 2.80. The molecule has 0 spiro atoms. The zero-order valence-electron chi connectivity index (χ0n) is 12.8. The van der Waals surface area contributed by atoms with Crippen LogP contribution in [0.25, 0.3) is 0 Å². The van der Waals surface area contributed by atoms with E-state index < -0.39 is 12.1 Å². The lowest BCUT2D eigenvalue weighted by Crippen LogP contribution is -2.62. The quantitative estimate of drug-likeness (QED) is 0.903. The maximum atomic E-state index is 12.7. The topological polar surface area (TPSA) is 58.6 Å². The van der Waals surface area contributed by atoms with Crippen LogP contribution in [0.3, 0.4) is 0 Å². The van der Waals surface area contributed by atoms with Gasteiger partial charge >= 0.3 is 0 Å².